The van der Waals surface area contributed by atoms with Crippen LogP contribution in [0.2, 0.25) is 0 Å². The van der Waals surface area contributed by atoms with Gasteiger partial charge in [-0.3, -0.25) is 4.57 Å². The number of halogens is 1. The third kappa shape index (κ3) is 3.37. The van der Waals surface area contributed by atoms with Gasteiger partial charge >= 0.3 is 0 Å². The van der Waals surface area contributed by atoms with Gasteiger partial charge in [-0.1, -0.05) is 45.0 Å². The maximum Gasteiger partial charge on any atom is 0.139 e. The predicted octanol–water partition coefficient (Wildman–Crippen LogP) is 4.90. The average Bonchev–Trinajstić information content (AvgIpc) is 2.84. The van der Waals surface area contributed by atoms with Crippen molar-refractivity contribution >= 4 is 29.5 Å². The van der Waals surface area contributed by atoms with Crippen molar-refractivity contribution in [1.29, 1.82) is 0 Å². The molecule has 0 N–H and O–H groups in total. The lowest BCUT2D eigenvalue weighted by molar-refractivity contribution is 0.547. The highest BCUT2D eigenvalue weighted by atomic mass is 35.5. The van der Waals surface area contributed by atoms with Crippen LogP contribution in [0.4, 0.5) is 0 Å². The van der Waals surface area contributed by atoms with Gasteiger partial charge in [0, 0.05) is 6.20 Å². The predicted molar refractivity (Wildman–Crippen MR) is 94.6 cm³/mol. The fraction of sp³-hybridized carbons (Fsp3) is 0.222. The summed E-state index contributed by atoms with van der Waals surface area (Å²) in [5, 5.41) is 0. The summed E-state index contributed by atoms with van der Waals surface area (Å²) in [7, 11) is 0. The minimum absolute atomic E-state index is 0. The second-order valence-corrected chi connectivity index (χ2v) is 6.18. The van der Waals surface area contributed by atoms with Crippen LogP contribution >= 0.6 is 12.4 Å². The zero-order chi connectivity index (χ0) is 14.9. The Morgan fingerprint density at radius 2 is 1.73 bits per heavy atom. The number of nitrogens with zero attached hydrogens (tertiary/aromatic N) is 3. The normalized spacial score (nSPS) is 11.8. The molecule has 0 unspecified atom stereocenters. The van der Waals surface area contributed by atoms with Crippen LogP contribution in [0.15, 0.2) is 54.7 Å². The second kappa shape index (κ2) is 6.32. The zero-order valence-electron chi connectivity index (χ0n) is 13.0. The van der Waals surface area contributed by atoms with E-state index in [-0.39, 0.29) is 17.8 Å². The van der Waals surface area contributed by atoms with Crippen molar-refractivity contribution in [1.82, 2.24) is 14.5 Å². The van der Waals surface area contributed by atoms with Crippen molar-refractivity contribution in [2.75, 3.05) is 0 Å². The van der Waals surface area contributed by atoms with Crippen LogP contribution in [0.25, 0.3) is 22.9 Å². The Balaban J connectivity index is 0.00000176. The molecule has 3 nitrogen and oxygen atoms in total. The molecule has 0 saturated carbocycles. The molecule has 1 aromatic carbocycles. The molecule has 0 aliphatic carbocycles. The lowest BCUT2D eigenvalue weighted by Gasteiger charge is -2.11. The number of imidazole rings is 1. The van der Waals surface area contributed by atoms with Gasteiger partial charge in [0.05, 0.1) is 11.0 Å². The summed E-state index contributed by atoms with van der Waals surface area (Å²) in [6, 6.07) is 14.1. The molecule has 0 fully saturated rings. The molecule has 22 heavy (non-hydrogen) atoms. The molecule has 4 heteroatoms. The Kier molecular flexibility index (Phi) is 4.67. The number of hydrogen-bond donors (Lipinski definition) is 0. The van der Waals surface area contributed by atoms with Gasteiger partial charge in [-0.05, 0) is 35.8 Å². The fourth-order valence-electron chi connectivity index (χ4n) is 2.21. The topological polar surface area (TPSA) is 30.7 Å². The molecule has 0 saturated heterocycles. The van der Waals surface area contributed by atoms with Crippen LogP contribution in [0.1, 0.15) is 26.6 Å². The molecular formula is C18H20ClN3. The monoisotopic (exact) mass is 313 g/mol. The molecule has 2 heterocycles. The van der Waals surface area contributed by atoms with E-state index >= 15 is 0 Å². The van der Waals surface area contributed by atoms with E-state index in [9.17, 15) is 0 Å². The number of para-hydroxylation sites is 2. The van der Waals surface area contributed by atoms with Crippen molar-refractivity contribution in [3.8, 4) is 5.82 Å². The summed E-state index contributed by atoms with van der Waals surface area (Å²) in [5.41, 5.74) is 2.18. The molecule has 3 aromatic rings. The Labute approximate surface area is 137 Å². The molecule has 2 aromatic heterocycles. The van der Waals surface area contributed by atoms with E-state index in [4.69, 9.17) is 4.98 Å². The summed E-state index contributed by atoms with van der Waals surface area (Å²) in [4.78, 5) is 9.19. The van der Waals surface area contributed by atoms with E-state index < -0.39 is 0 Å². The van der Waals surface area contributed by atoms with Crippen LogP contribution in [-0.2, 0) is 0 Å². The van der Waals surface area contributed by atoms with Crippen molar-refractivity contribution in [2.45, 2.75) is 20.8 Å². The van der Waals surface area contributed by atoms with Gasteiger partial charge in [0.1, 0.15) is 11.6 Å². The van der Waals surface area contributed by atoms with Gasteiger partial charge in [0.15, 0.2) is 0 Å². The maximum atomic E-state index is 4.73. The first-order chi connectivity index (χ1) is 10.0. The number of fused-ring (bicyclic) bond motifs is 1. The Bertz CT molecular complexity index is 783. The third-order valence-electron chi connectivity index (χ3n) is 3.20. The number of benzene rings is 1. The van der Waals surface area contributed by atoms with Gasteiger partial charge in [0.2, 0.25) is 0 Å². The SMILES string of the molecule is CC(C)(C)C=Cc1nc2ccccc2n1-c1ccccn1.Cl. The molecule has 3 rings (SSSR count). The second-order valence-electron chi connectivity index (χ2n) is 6.18. The van der Waals surface area contributed by atoms with E-state index in [1.807, 2.05) is 36.4 Å². The van der Waals surface area contributed by atoms with Crippen LogP contribution < -0.4 is 0 Å². The smallest absolute Gasteiger partial charge is 0.139 e. The highest BCUT2D eigenvalue weighted by Crippen LogP contribution is 2.23. The molecule has 114 valence electrons. The number of allylic oxidation sites excluding steroid dienone is 1. The summed E-state index contributed by atoms with van der Waals surface area (Å²) in [6.07, 6.45) is 6.06. The largest absolute Gasteiger partial charge is 0.277 e. The van der Waals surface area contributed by atoms with Gasteiger partial charge < -0.3 is 0 Å². The zero-order valence-corrected chi connectivity index (χ0v) is 13.8. The summed E-state index contributed by atoms with van der Waals surface area (Å²) in [5.74, 6) is 1.80. The fourth-order valence-corrected chi connectivity index (χ4v) is 2.21. The van der Waals surface area contributed by atoms with E-state index in [1.54, 1.807) is 6.20 Å². The average molecular weight is 314 g/mol. The van der Waals surface area contributed by atoms with Gasteiger partial charge in [-0.25, -0.2) is 9.97 Å². The van der Waals surface area contributed by atoms with E-state index in [2.05, 4.69) is 48.5 Å². The van der Waals surface area contributed by atoms with Crippen molar-refractivity contribution in [3.05, 3.63) is 60.6 Å². The molecular weight excluding hydrogens is 294 g/mol. The van der Waals surface area contributed by atoms with Crippen LogP contribution in [0, 0.1) is 5.41 Å². The molecule has 0 radical (unpaired) electrons. The number of pyridine rings is 1. The van der Waals surface area contributed by atoms with Gasteiger partial charge in [0.25, 0.3) is 0 Å². The number of hydrogen-bond acceptors (Lipinski definition) is 2. The van der Waals surface area contributed by atoms with E-state index in [1.165, 1.54) is 0 Å². The highest BCUT2D eigenvalue weighted by molar-refractivity contribution is 5.85. The summed E-state index contributed by atoms with van der Waals surface area (Å²) in [6.45, 7) is 6.53. The minimum Gasteiger partial charge on any atom is -0.277 e. The Morgan fingerprint density at radius 1 is 1.00 bits per heavy atom. The van der Waals surface area contributed by atoms with E-state index in [0.29, 0.717) is 0 Å². The maximum absolute atomic E-state index is 4.73. The summed E-state index contributed by atoms with van der Waals surface area (Å²) < 4.78 is 2.09. The van der Waals surface area contributed by atoms with Crippen molar-refractivity contribution in [3.63, 3.8) is 0 Å². The molecule has 0 amide bonds. The Morgan fingerprint density at radius 3 is 2.41 bits per heavy atom. The standard InChI is InChI=1S/C18H19N3.ClH/c1-18(2,3)12-11-17-20-14-8-4-5-9-15(14)21(17)16-10-6-7-13-19-16;/h4-13H,1-3H3;1H. The van der Waals surface area contributed by atoms with Crippen LogP contribution in [0.5, 0.6) is 0 Å². The molecule has 0 spiro atoms. The van der Waals surface area contributed by atoms with Crippen molar-refractivity contribution in [2.24, 2.45) is 5.41 Å². The molecule has 0 bridgehead atoms. The molecule has 0 atom stereocenters. The quantitative estimate of drug-likeness (QED) is 0.673. The Hall–Kier alpha value is -2.13. The highest BCUT2D eigenvalue weighted by Gasteiger charge is 2.12. The van der Waals surface area contributed by atoms with Crippen molar-refractivity contribution < 1.29 is 0 Å². The third-order valence-corrected chi connectivity index (χ3v) is 3.20. The summed E-state index contributed by atoms with van der Waals surface area (Å²) >= 11 is 0. The molecule has 0 aliphatic rings. The first-order valence-corrected chi connectivity index (χ1v) is 7.13. The van der Waals surface area contributed by atoms with E-state index in [0.717, 1.165) is 22.7 Å². The lowest BCUT2D eigenvalue weighted by atomic mass is 9.96. The van der Waals surface area contributed by atoms with Gasteiger partial charge in [-0.2, -0.15) is 0 Å². The van der Waals surface area contributed by atoms with Crippen LogP contribution in [0.3, 0.4) is 0 Å². The van der Waals surface area contributed by atoms with Crippen LogP contribution in [-0.4, -0.2) is 14.5 Å². The number of aromatic nitrogens is 3. The lowest BCUT2D eigenvalue weighted by Crippen LogP contribution is -2.02. The number of rotatable bonds is 2. The van der Waals surface area contributed by atoms with Gasteiger partial charge in [-0.15, -0.1) is 12.4 Å². The first-order valence-electron chi connectivity index (χ1n) is 7.13. The first kappa shape index (κ1) is 16.2. The minimum atomic E-state index is 0. The molecule has 0 aliphatic heterocycles.